The Morgan fingerprint density at radius 1 is 1.10 bits per heavy atom. The first-order chi connectivity index (χ1) is 23.9. The summed E-state index contributed by atoms with van der Waals surface area (Å²) in [6, 6.07) is 5.71. The minimum absolute atomic E-state index is 0.0151. The lowest BCUT2D eigenvalue weighted by molar-refractivity contribution is -0.150. The smallest absolute Gasteiger partial charge is 0.332 e. The Bertz CT molecular complexity index is 1730. The maximum Gasteiger partial charge on any atom is 0.332 e. The molecule has 3 aliphatic rings. The van der Waals surface area contributed by atoms with Gasteiger partial charge in [-0.1, -0.05) is 56.3 Å². The average molecular weight is 697 g/mol. The molecular formula is C35H42F2N6O7. The number of rotatable bonds is 7. The number of nitrogens with one attached hydrogen (secondary N) is 2. The summed E-state index contributed by atoms with van der Waals surface area (Å²) in [7, 11) is 0. The van der Waals surface area contributed by atoms with E-state index < -0.39 is 64.9 Å². The Morgan fingerprint density at radius 3 is 2.50 bits per heavy atom. The van der Waals surface area contributed by atoms with Crippen LogP contribution in [0.4, 0.5) is 8.78 Å². The van der Waals surface area contributed by atoms with Gasteiger partial charge in [-0.3, -0.25) is 14.4 Å². The molecule has 2 N–H and O–H groups in total. The minimum Gasteiger partial charge on any atom is -0.471 e. The van der Waals surface area contributed by atoms with Crippen molar-refractivity contribution in [3.8, 4) is 5.88 Å². The average Bonchev–Trinajstić information content (AvgIpc) is 3.37. The molecule has 1 aliphatic carbocycles. The zero-order valence-corrected chi connectivity index (χ0v) is 28.3. The van der Waals surface area contributed by atoms with Gasteiger partial charge in [-0.05, 0) is 43.7 Å². The molecule has 6 atom stereocenters. The monoisotopic (exact) mass is 696 g/mol. The first-order valence-corrected chi connectivity index (χ1v) is 17.2. The third-order valence-electron chi connectivity index (χ3n) is 9.94. The van der Waals surface area contributed by atoms with Crippen molar-refractivity contribution in [2.24, 2.45) is 11.8 Å². The Hall–Kier alpha value is -4.69. The van der Waals surface area contributed by atoms with Crippen molar-refractivity contribution in [2.45, 2.75) is 102 Å². The van der Waals surface area contributed by atoms with E-state index in [0.717, 1.165) is 25.7 Å². The number of aromatic nitrogens is 3. The molecule has 4 heterocycles. The van der Waals surface area contributed by atoms with Gasteiger partial charge in [-0.25, -0.2) is 14.8 Å². The van der Waals surface area contributed by atoms with E-state index in [4.69, 9.17) is 14.0 Å². The van der Waals surface area contributed by atoms with E-state index in [-0.39, 0.29) is 49.0 Å². The molecule has 2 aliphatic heterocycles. The molecular weight excluding hydrogens is 654 g/mol. The lowest BCUT2D eigenvalue weighted by Gasteiger charge is -2.29. The zero-order valence-electron chi connectivity index (χ0n) is 28.3. The first kappa shape index (κ1) is 35.1. The minimum atomic E-state index is -3.41. The third-order valence-corrected chi connectivity index (χ3v) is 9.94. The summed E-state index contributed by atoms with van der Waals surface area (Å²) in [5.41, 5.74) is -1.35. The molecule has 1 saturated carbocycles. The van der Waals surface area contributed by atoms with Gasteiger partial charge in [-0.15, -0.1) is 0 Å². The second-order valence-corrected chi connectivity index (χ2v) is 13.6. The molecule has 1 unspecified atom stereocenters. The van der Waals surface area contributed by atoms with Crippen molar-refractivity contribution in [3.05, 3.63) is 48.0 Å². The van der Waals surface area contributed by atoms with Crippen molar-refractivity contribution in [1.29, 1.82) is 0 Å². The topological polar surface area (TPSA) is 166 Å². The predicted octanol–water partition coefficient (Wildman–Crippen LogP) is 4.30. The van der Waals surface area contributed by atoms with E-state index >= 15 is 0 Å². The standard InChI is InChI=1S/C35H42F2N6O7/c1-4-48-33(47)35-18-22(35)20(2)11-7-5-6-8-14-26(39-29(44)25-15-16-49-42-25)32(46)43-19-21(17-27(43)30(45)41-35)50-31-28(34(3,36)37)38-23-12-9-10-13-24(23)40-31/h9-10,12-13,15-16,20-22,26-27H,4-8,11,14,17-19H2,1-3H3,(H,39,44)(H,41,45)/t20?,21-,22+,26+,27+,35-/m1/s1. The van der Waals surface area contributed by atoms with Crippen LogP contribution in [0.5, 0.6) is 5.88 Å². The molecule has 50 heavy (non-hydrogen) atoms. The molecule has 2 saturated heterocycles. The Labute approximate surface area is 287 Å². The van der Waals surface area contributed by atoms with Crippen LogP contribution < -0.4 is 15.4 Å². The lowest BCUT2D eigenvalue weighted by atomic mass is 9.94. The number of nitrogens with zero attached hydrogens (tertiary/aromatic N) is 4. The van der Waals surface area contributed by atoms with Crippen LogP contribution in [-0.4, -0.2) is 80.6 Å². The normalized spacial score (nSPS) is 27.7. The van der Waals surface area contributed by atoms with Crippen LogP contribution in [0.15, 0.2) is 41.1 Å². The molecule has 0 spiro atoms. The van der Waals surface area contributed by atoms with Gasteiger partial charge in [0.25, 0.3) is 11.8 Å². The van der Waals surface area contributed by atoms with Gasteiger partial charge in [0, 0.05) is 19.4 Å². The van der Waals surface area contributed by atoms with E-state index in [1.807, 2.05) is 0 Å². The van der Waals surface area contributed by atoms with E-state index in [2.05, 4.69) is 32.7 Å². The Kier molecular flexibility index (Phi) is 10.0. The van der Waals surface area contributed by atoms with Crippen LogP contribution in [0, 0.1) is 11.8 Å². The molecule has 2 aromatic heterocycles. The maximum absolute atomic E-state index is 14.8. The van der Waals surface area contributed by atoms with Crippen LogP contribution in [-0.2, 0) is 25.0 Å². The molecule has 13 nitrogen and oxygen atoms in total. The number of esters is 1. The van der Waals surface area contributed by atoms with Gasteiger partial charge in [0.2, 0.25) is 17.7 Å². The highest BCUT2D eigenvalue weighted by Crippen LogP contribution is 2.51. The summed E-state index contributed by atoms with van der Waals surface area (Å²) in [5.74, 6) is -6.16. The number of para-hydroxylation sites is 2. The van der Waals surface area contributed by atoms with E-state index in [0.29, 0.717) is 25.3 Å². The molecule has 3 amide bonds. The highest BCUT2D eigenvalue weighted by atomic mass is 19.3. The fourth-order valence-electron chi connectivity index (χ4n) is 7.24. The van der Waals surface area contributed by atoms with Gasteiger partial charge >= 0.3 is 5.97 Å². The van der Waals surface area contributed by atoms with Crippen molar-refractivity contribution < 1.29 is 42.0 Å². The summed E-state index contributed by atoms with van der Waals surface area (Å²) < 4.78 is 46.0. The van der Waals surface area contributed by atoms with E-state index in [1.165, 1.54) is 17.2 Å². The molecule has 3 fully saturated rings. The number of benzene rings is 1. The van der Waals surface area contributed by atoms with Crippen molar-refractivity contribution in [2.75, 3.05) is 13.2 Å². The van der Waals surface area contributed by atoms with Crippen molar-refractivity contribution >= 4 is 34.7 Å². The number of amides is 3. The van der Waals surface area contributed by atoms with Crippen molar-refractivity contribution in [1.82, 2.24) is 30.7 Å². The third kappa shape index (κ3) is 7.26. The second-order valence-electron chi connectivity index (χ2n) is 13.6. The Balaban J connectivity index is 1.34. The summed E-state index contributed by atoms with van der Waals surface area (Å²) in [5, 5.41) is 9.37. The van der Waals surface area contributed by atoms with Crippen LogP contribution in [0.2, 0.25) is 0 Å². The molecule has 268 valence electrons. The summed E-state index contributed by atoms with van der Waals surface area (Å²) in [6.45, 7) is 4.40. The number of fused-ring (bicyclic) bond motifs is 3. The fraction of sp³-hybridized carbons (Fsp3) is 0.571. The largest absolute Gasteiger partial charge is 0.471 e. The van der Waals surface area contributed by atoms with E-state index in [1.54, 1.807) is 31.2 Å². The van der Waals surface area contributed by atoms with E-state index in [9.17, 15) is 28.0 Å². The maximum atomic E-state index is 14.8. The summed E-state index contributed by atoms with van der Waals surface area (Å²) in [4.78, 5) is 64.8. The molecule has 6 rings (SSSR count). The Morgan fingerprint density at radius 2 is 1.82 bits per heavy atom. The highest BCUT2D eigenvalue weighted by Gasteiger charge is 2.64. The van der Waals surface area contributed by atoms with Gasteiger partial charge in [-0.2, -0.15) is 8.78 Å². The summed E-state index contributed by atoms with van der Waals surface area (Å²) >= 11 is 0. The molecule has 0 radical (unpaired) electrons. The van der Waals surface area contributed by atoms with Crippen molar-refractivity contribution in [3.63, 3.8) is 0 Å². The second kappa shape index (κ2) is 14.3. The van der Waals surface area contributed by atoms with Crippen LogP contribution >= 0.6 is 0 Å². The summed E-state index contributed by atoms with van der Waals surface area (Å²) in [6.07, 6.45) is 4.92. The number of carbonyl (C=O) groups is 4. The zero-order chi connectivity index (χ0) is 35.6. The quantitative estimate of drug-likeness (QED) is 0.340. The fourth-order valence-corrected chi connectivity index (χ4v) is 7.24. The van der Waals surface area contributed by atoms with Crippen LogP contribution in [0.25, 0.3) is 11.0 Å². The van der Waals surface area contributed by atoms with Gasteiger partial charge in [0.1, 0.15) is 30.0 Å². The first-order valence-electron chi connectivity index (χ1n) is 17.2. The predicted molar refractivity (Wildman–Crippen MR) is 174 cm³/mol. The number of hydrogen-bond acceptors (Lipinski definition) is 10. The highest BCUT2D eigenvalue weighted by molar-refractivity contribution is 5.98. The van der Waals surface area contributed by atoms with Crippen LogP contribution in [0.1, 0.15) is 88.3 Å². The van der Waals surface area contributed by atoms with Gasteiger partial charge < -0.3 is 29.5 Å². The SMILES string of the molecule is CCOC(=O)[C@@]12C[C@H]1C(C)CCCCCC[C@H](NC(=O)c1ccon1)C(=O)N1C[C@H](Oc3nc4ccccc4nc3C(C)(F)F)C[C@H]1C(=O)N2. The van der Waals surface area contributed by atoms with Gasteiger partial charge in [0.05, 0.1) is 24.2 Å². The number of alkyl halides is 2. The number of hydrogen-bond donors (Lipinski definition) is 2. The van der Waals surface area contributed by atoms with Gasteiger partial charge in [0.15, 0.2) is 11.4 Å². The molecule has 15 heteroatoms. The molecule has 3 aromatic rings. The lowest BCUT2D eigenvalue weighted by Crippen LogP contribution is -2.56. The molecule has 0 bridgehead atoms. The van der Waals surface area contributed by atoms with Crippen LogP contribution in [0.3, 0.4) is 0 Å². The molecule has 1 aromatic carbocycles. The number of carbonyl (C=O) groups excluding carboxylic acids is 4. The number of halogens is 2. The number of ether oxygens (including phenoxy) is 2.